The maximum absolute atomic E-state index is 11.2. The molecular formula is C15H22N2O3. The van der Waals surface area contributed by atoms with Crippen LogP contribution in [-0.4, -0.2) is 34.3 Å². The Kier molecular flexibility index (Phi) is 4.60. The molecule has 1 heterocycles. The average Bonchev–Trinajstić information content (AvgIpc) is 2.46. The smallest absolute Gasteiger partial charge is 0.339 e. The molecule has 110 valence electrons. The molecule has 0 aliphatic heterocycles. The molecule has 3 N–H and O–H groups in total. The van der Waals surface area contributed by atoms with Crippen molar-refractivity contribution in [1.82, 2.24) is 4.98 Å². The molecule has 1 aromatic heterocycles. The van der Waals surface area contributed by atoms with Gasteiger partial charge in [0, 0.05) is 23.9 Å². The minimum atomic E-state index is -0.985. The number of hydrogen-bond acceptors (Lipinski definition) is 4. The largest absolute Gasteiger partial charge is 0.478 e. The Morgan fingerprint density at radius 2 is 2.10 bits per heavy atom. The fourth-order valence-corrected chi connectivity index (χ4v) is 2.85. The molecular weight excluding hydrogens is 256 g/mol. The van der Waals surface area contributed by atoms with Gasteiger partial charge in [-0.25, -0.2) is 4.79 Å². The summed E-state index contributed by atoms with van der Waals surface area (Å²) in [6, 6.07) is 1.75. The zero-order valence-corrected chi connectivity index (χ0v) is 11.9. The van der Waals surface area contributed by atoms with Gasteiger partial charge in [-0.15, -0.1) is 0 Å². The fraction of sp³-hybridized carbons (Fsp3) is 0.600. The van der Waals surface area contributed by atoms with Crippen molar-refractivity contribution in [3.63, 3.8) is 0 Å². The Balaban J connectivity index is 2.13. The summed E-state index contributed by atoms with van der Waals surface area (Å²) >= 11 is 0. The van der Waals surface area contributed by atoms with Crippen molar-refractivity contribution in [2.75, 3.05) is 18.5 Å². The lowest BCUT2D eigenvalue weighted by molar-refractivity contribution is 0.0697. The summed E-state index contributed by atoms with van der Waals surface area (Å²) in [5.74, 6) is -0.985. The zero-order chi connectivity index (χ0) is 14.6. The van der Waals surface area contributed by atoms with E-state index in [1.165, 1.54) is 12.6 Å². The van der Waals surface area contributed by atoms with Crippen LogP contribution < -0.4 is 5.32 Å². The highest BCUT2D eigenvalue weighted by Gasteiger charge is 2.31. The molecule has 0 amide bonds. The molecule has 1 aliphatic rings. The Labute approximate surface area is 119 Å². The van der Waals surface area contributed by atoms with Crippen molar-refractivity contribution in [2.45, 2.75) is 39.0 Å². The summed E-state index contributed by atoms with van der Waals surface area (Å²) < 4.78 is 0. The van der Waals surface area contributed by atoms with Crippen LogP contribution >= 0.6 is 0 Å². The van der Waals surface area contributed by atoms with Gasteiger partial charge in [-0.05, 0) is 25.8 Å². The number of aryl methyl sites for hydroxylation is 1. The van der Waals surface area contributed by atoms with Gasteiger partial charge < -0.3 is 15.5 Å². The summed E-state index contributed by atoms with van der Waals surface area (Å²) in [7, 11) is 0. The first-order valence-electron chi connectivity index (χ1n) is 7.11. The Hall–Kier alpha value is -1.62. The van der Waals surface area contributed by atoms with Gasteiger partial charge in [0.25, 0.3) is 0 Å². The van der Waals surface area contributed by atoms with E-state index >= 15 is 0 Å². The molecule has 1 aromatic rings. The molecule has 1 aliphatic carbocycles. The lowest BCUT2D eigenvalue weighted by Gasteiger charge is -2.36. The van der Waals surface area contributed by atoms with E-state index in [4.69, 9.17) is 0 Å². The number of aromatic nitrogens is 1. The summed E-state index contributed by atoms with van der Waals surface area (Å²) in [5, 5.41) is 22.1. The predicted octanol–water partition coefficient (Wildman–Crippen LogP) is 2.44. The van der Waals surface area contributed by atoms with E-state index in [2.05, 4.69) is 10.3 Å². The minimum Gasteiger partial charge on any atom is -0.478 e. The highest BCUT2D eigenvalue weighted by atomic mass is 16.4. The fourth-order valence-electron chi connectivity index (χ4n) is 2.85. The van der Waals surface area contributed by atoms with Crippen LogP contribution in [0.2, 0.25) is 0 Å². The molecule has 0 aromatic carbocycles. The molecule has 0 radical (unpaired) electrons. The predicted molar refractivity (Wildman–Crippen MR) is 77.0 cm³/mol. The summed E-state index contributed by atoms with van der Waals surface area (Å²) in [6.07, 6.45) is 6.84. The van der Waals surface area contributed by atoms with Crippen LogP contribution in [0.25, 0.3) is 0 Å². The third-order valence-electron chi connectivity index (χ3n) is 4.17. The molecule has 5 nitrogen and oxygen atoms in total. The zero-order valence-electron chi connectivity index (χ0n) is 11.9. The van der Waals surface area contributed by atoms with Crippen LogP contribution in [0.4, 0.5) is 5.69 Å². The minimum absolute atomic E-state index is 0.120. The number of nitrogens with zero attached hydrogens (tertiary/aromatic N) is 1. The topological polar surface area (TPSA) is 82.5 Å². The van der Waals surface area contributed by atoms with Gasteiger partial charge in [-0.1, -0.05) is 19.3 Å². The summed E-state index contributed by atoms with van der Waals surface area (Å²) in [6.45, 7) is 2.58. The van der Waals surface area contributed by atoms with Crippen molar-refractivity contribution in [2.24, 2.45) is 5.41 Å². The normalized spacial score (nSPS) is 17.7. The number of aliphatic hydroxyl groups is 1. The van der Waals surface area contributed by atoms with Gasteiger partial charge in [-0.2, -0.15) is 0 Å². The van der Waals surface area contributed by atoms with E-state index in [0.717, 1.165) is 31.4 Å². The van der Waals surface area contributed by atoms with Crippen LogP contribution in [0.1, 0.15) is 48.2 Å². The number of nitrogens with one attached hydrogen (secondary N) is 1. The molecule has 0 saturated heterocycles. The standard InChI is InChI=1S/C15H22N2O3/c1-11-7-13(12(8-16-11)14(19)20)17-9-15(10-18)5-3-2-4-6-15/h7-8,18H,2-6,9-10H2,1H3,(H,16,17)(H,19,20). The second-order valence-electron chi connectivity index (χ2n) is 5.75. The highest BCUT2D eigenvalue weighted by molar-refractivity contribution is 5.93. The van der Waals surface area contributed by atoms with Gasteiger partial charge in [0.1, 0.15) is 5.56 Å². The van der Waals surface area contributed by atoms with E-state index in [1.807, 2.05) is 6.92 Å². The molecule has 1 fully saturated rings. The maximum atomic E-state index is 11.2. The van der Waals surface area contributed by atoms with E-state index in [-0.39, 0.29) is 17.6 Å². The van der Waals surface area contributed by atoms with Crippen molar-refractivity contribution in [3.05, 3.63) is 23.5 Å². The van der Waals surface area contributed by atoms with Crippen LogP contribution in [0.3, 0.4) is 0 Å². The van der Waals surface area contributed by atoms with Gasteiger partial charge in [0.2, 0.25) is 0 Å². The third-order valence-corrected chi connectivity index (χ3v) is 4.17. The number of anilines is 1. The number of pyridine rings is 1. The molecule has 0 unspecified atom stereocenters. The van der Waals surface area contributed by atoms with Crippen LogP contribution in [0.5, 0.6) is 0 Å². The lowest BCUT2D eigenvalue weighted by atomic mass is 9.74. The van der Waals surface area contributed by atoms with Crippen LogP contribution in [0, 0.1) is 12.3 Å². The highest BCUT2D eigenvalue weighted by Crippen LogP contribution is 2.36. The van der Waals surface area contributed by atoms with E-state index < -0.39 is 5.97 Å². The maximum Gasteiger partial charge on any atom is 0.339 e. The average molecular weight is 278 g/mol. The van der Waals surface area contributed by atoms with Gasteiger partial charge in [0.15, 0.2) is 0 Å². The summed E-state index contributed by atoms with van der Waals surface area (Å²) in [5.41, 5.74) is 1.42. The monoisotopic (exact) mass is 278 g/mol. The number of aliphatic hydroxyl groups excluding tert-OH is 1. The first kappa shape index (κ1) is 14.8. The lowest BCUT2D eigenvalue weighted by Crippen LogP contribution is -2.35. The molecule has 20 heavy (non-hydrogen) atoms. The Bertz CT molecular complexity index is 482. The van der Waals surface area contributed by atoms with Crippen LogP contribution in [0.15, 0.2) is 12.3 Å². The number of rotatable bonds is 5. The summed E-state index contributed by atoms with van der Waals surface area (Å²) in [4.78, 5) is 15.2. The quantitative estimate of drug-likeness (QED) is 0.770. The van der Waals surface area contributed by atoms with E-state index in [0.29, 0.717) is 12.2 Å². The van der Waals surface area contributed by atoms with E-state index in [9.17, 15) is 15.0 Å². The van der Waals surface area contributed by atoms with Crippen LogP contribution in [-0.2, 0) is 0 Å². The van der Waals surface area contributed by atoms with Crippen molar-refractivity contribution in [1.29, 1.82) is 0 Å². The number of carboxylic acids is 1. The molecule has 2 rings (SSSR count). The van der Waals surface area contributed by atoms with Gasteiger partial charge in [-0.3, -0.25) is 4.98 Å². The van der Waals surface area contributed by atoms with Crippen molar-refractivity contribution < 1.29 is 15.0 Å². The SMILES string of the molecule is Cc1cc(NCC2(CO)CCCCC2)c(C(=O)O)cn1. The molecule has 5 heteroatoms. The second kappa shape index (κ2) is 6.22. The van der Waals surface area contributed by atoms with E-state index in [1.54, 1.807) is 6.07 Å². The Morgan fingerprint density at radius 1 is 1.40 bits per heavy atom. The Morgan fingerprint density at radius 3 is 2.70 bits per heavy atom. The van der Waals surface area contributed by atoms with Gasteiger partial charge >= 0.3 is 5.97 Å². The first-order chi connectivity index (χ1) is 9.56. The second-order valence-corrected chi connectivity index (χ2v) is 5.75. The number of carboxylic acid groups (broad SMARTS) is 1. The number of carbonyl (C=O) groups is 1. The molecule has 0 atom stereocenters. The number of hydrogen-bond donors (Lipinski definition) is 3. The first-order valence-corrected chi connectivity index (χ1v) is 7.11. The third kappa shape index (κ3) is 3.28. The molecule has 0 bridgehead atoms. The molecule has 1 saturated carbocycles. The number of aromatic carboxylic acids is 1. The van der Waals surface area contributed by atoms with Crippen molar-refractivity contribution >= 4 is 11.7 Å². The van der Waals surface area contributed by atoms with Crippen molar-refractivity contribution in [3.8, 4) is 0 Å². The molecule has 0 spiro atoms. The van der Waals surface area contributed by atoms with Gasteiger partial charge in [0.05, 0.1) is 12.3 Å².